The molecule has 1 amide bonds. The molecule has 0 aromatic heterocycles. The summed E-state index contributed by atoms with van der Waals surface area (Å²) in [6.07, 6.45) is -0.872. The number of aliphatic carboxylic acids is 1. The Morgan fingerprint density at radius 2 is 1.75 bits per heavy atom. The zero-order chi connectivity index (χ0) is 20.9. The maximum absolute atomic E-state index is 12.2. The highest BCUT2D eigenvalue weighted by Crippen LogP contribution is 2.28. The van der Waals surface area contributed by atoms with Crippen LogP contribution in [-0.4, -0.2) is 47.4 Å². The van der Waals surface area contributed by atoms with Gasteiger partial charge in [-0.1, -0.05) is 42.5 Å². The zero-order valence-electron chi connectivity index (χ0n) is 16.3. The molecule has 28 heavy (non-hydrogen) atoms. The molecule has 0 aliphatic rings. The standard InChI is InChI=1S/C20H24N2O6/c1-20(2,3)28-19(26)21-22(12-16(23)27-4)17(18(24)25)15-11-7-9-13-8-5-6-10-14(13)15/h5-11,17H,12H2,1-4H3,(H,21,26)(H,24,25). The summed E-state index contributed by atoms with van der Waals surface area (Å²) in [5.74, 6) is -1.95. The minimum Gasteiger partial charge on any atom is -0.480 e. The molecule has 0 spiro atoms. The highest BCUT2D eigenvalue weighted by molar-refractivity contribution is 5.91. The number of nitrogens with zero attached hydrogens (tertiary/aromatic N) is 1. The van der Waals surface area contributed by atoms with Gasteiger partial charge in [0.25, 0.3) is 0 Å². The first-order valence-corrected chi connectivity index (χ1v) is 8.66. The highest BCUT2D eigenvalue weighted by atomic mass is 16.6. The van der Waals surface area contributed by atoms with Gasteiger partial charge in [-0.15, -0.1) is 0 Å². The summed E-state index contributed by atoms with van der Waals surface area (Å²) in [7, 11) is 1.18. The number of methoxy groups -OCH3 is 1. The molecule has 0 heterocycles. The molecule has 0 bridgehead atoms. The Labute approximate surface area is 163 Å². The first-order chi connectivity index (χ1) is 13.1. The Balaban J connectivity index is 2.47. The van der Waals surface area contributed by atoms with Gasteiger partial charge in [-0.25, -0.2) is 4.79 Å². The number of carboxylic acids is 1. The fourth-order valence-electron chi connectivity index (χ4n) is 2.74. The van der Waals surface area contributed by atoms with E-state index in [2.05, 4.69) is 10.2 Å². The molecule has 0 fully saturated rings. The number of carbonyl (C=O) groups is 3. The Morgan fingerprint density at radius 1 is 1.11 bits per heavy atom. The molecule has 0 saturated heterocycles. The van der Waals surface area contributed by atoms with Crippen molar-refractivity contribution in [1.29, 1.82) is 0 Å². The smallest absolute Gasteiger partial charge is 0.422 e. The summed E-state index contributed by atoms with van der Waals surface area (Å²) in [5.41, 5.74) is 2.00. The average Bonchev–Trinajstić information content (AvgIpc) is 2.60. The van der Waals surface area contributed by atoms with E-state index < -0.39 is 36.2 Å². The SMILES string of the molecule is COC(=O)CN(NC(=O)OC(C)(C)C)C(C(=O)O)c1cccc2ccccc12. The molecule has 0 aliphatic carbocycles. The van der Waals surface area contributed by atoms with Crippen molar-refractivity contribution >= 4 is 28.8 Å². The van der Waals surface area contributed by atoms with Crippen LogP contribution in [0.1, 0.15) is 32.4 Å². The number of rotatable bonds is 6. The summed E-state index contributed by atoms with van der Waals surface area (Å²) in [6, 6.07) is 11.1. The minimum atomic E-state index is -1.34. The fraction of sp³-hybridized carbons (Fsp3) is 0.350. The number of benzene rings is 2. The molecule has 2 N–H and O–H groups in total. The number of hydrogen-bond acceptors (Lipinski definition) is 6. The molecule has 0 radical (unpaired) electrons. The van der Waals surface area contributed by atoms with Crippen LogP contribution in [0.2, 0.25) is 0 Å². The van der Waals surface area contributed by atoms with Crippen LogP contribution in [0.25, 0.3) is 10.8 Å². The lowest BCUT2D eigenvalue weighted by Gasteiger charge is -2.30. The van der Waals surface area contributed by atoms with Gasteiger partial charge in [0.05, 0.1) is 7.11 Å². The predicted molar refractivity (Wildman–Crippen MR) is 102 cm³/mol. The van der Waals surface area contributed by atoms with Crippen molar-refractivity contribution in [3.8, 4) is 0 Å². The van der Waals surface area contributed by atoms with Crippen LogP contribution in [-0.2, 0) is 19.1 Å². The Bertz CT molecular complexity index is 869. The van der Waals surface area contributed by atoms with Crippen LogP contribution in [0, 0.1) is 0 Å². The Hall–Kier alpha value is -3.13. The number of ether oxygens (including phenoxy) is 2. The van der Waals surface area contributed by atoms with Gasteiger partial charge in [0.2, 0.25) is 0 Å². The molecule has 0 saturated carbocycles. The first-order valence-electron chi connectivity index (χ1n) is 8.66. The van der Waals surface area contributed by atoms with E-state index in [0.717, 1.165) is 10.4 Å². The number of hydrogen-bond donors (Lipinski definition) is 2. The summed E-state index contributed by atoms with van der Waals surface area (Å²) in [4.78, 5) is 36.2. The van der Waals surface area contributed by atoms with E-state index in [1.165, 1.54) is 7.11 Å². The van der Waals surface area contributed by atoms with Crippen molar-refractivity contribution in [3.05, 3.63) is 48.0 Å². The average molecular weight is 388 g/mol. The lowest BCUT2D eigenvalue weighted by molar-refractivity contribution is -0.149. The number of hydrazine groups is 1. The van der Waals surface area contributed by atoms with Gasteiger partial charge >= 0.3 is 18.0 Å². The van der Waals surface area contributed by atoms with Crippen molar-refractivity contribution in [3.63, 3.8) is 0 Å². The molecule has 1 unspecified atom stereocenters. The normalized spacial score (nSPS) is 12.5. The van der Waals surface area contributed by atoms with Gasteiger partial charge in [0.15, 0.2) is 6.04 Å². The lowest BCUT2D eigenvalue weighted by atomic mass is 9.98. The quantitative estimate of drug-likeness (QED) is 0.579. The summed E-state index contributed by atoms with van der Waals surface area (Å²) in [6.45, 7) is 4.56. The third-order valence-electron chi connectivity index (χ3n) is 3.82. The first kappa shape index (κ1) is 21.2. The van der Waals surface area contributed by atoms with Gasteiger partial charge in [0.1, 0.15) is 12.1 Å². The van der Waals surface area contributed by atoms with E-state index >= 15 is 0 Å². The molecule has 2 aromatic rings. The maximum Gasteiger partial charge on any atom is 0.422 e. The topological polar surface area (TPSA) is 105 Å². The van der Waals surface area contributed by atoms with Crippen LogP contribution in [0.3, 0.4) is 0 Å². The van der Waals surface area contributed by atoms with E-state index in [0.29, 0.717) is 10.9 Å². The van der Waals surface area contributed by atoms with Gasteiger partial charge in [-0.3, -0.25) is 15.0 Å². The van der Waals surface area contributed by atoms with Gasteiger partial charge in [-0.2, -0.15) is 5.01 Å². The molecule has 8 nitrogen and oxygen atoms in total. The van der Waals surface area contributed by atoms with Crippen LogP contribution >= 0.6 is 0 Å². The molecule has 1 atom stereocenters. The van der Waals surface area contributed by atoms with Crippen LogP contribution < -0.4 is 5.43 Å². The third-order valence-corrected chi connectivity index (χ3v) is 3.82. The Kier molecular flexibility index (Phi) is 6.58. The van der Waals surface area contributed by atoms with Gasteiger partial charge < -0.3 is 14.6 Å². The number of carboxylic acid groups (broad SMARTS) is 1. The van der Waals surface area contributed by atoms with E-state index in [1.807, 2.05) is 18.2 Å². The van der Waals surface area contributed by atoms with Gasteiger partial charge in [0, 0.05) is 0 Å². The van der Waals surface area contributed by atoms with Crippen molar-refractivity contribution in [2.24, 2.45) is 0 Å². The van der Waals surface area contributed by atoms with Crippen LogP contribution in [0.5, 0.6) is 0 Å². The zero-order valence-corrected chi connectivity index (χ0v) is 16.3. The molecule has 2 aromatic carbocycles. The fourth-order valence-corrected chi connectivity index (χ4v) is 2.74. The largest absolute Gasteiger partial charge is 0.480 e. The van der Waals surface area contributed by atoms with Crippen LogP contribution in [0.4, 0.5) is 4.79 Å². The Morgan fingerprint density at radius 3 is 2.36 bits per heavy atom. The van der Waals surface area contributed by atoms with E-state index in [9.17, 15) is 19.5 Å². The molecule has 8 heteroatoms. The number of fused-ring (bicyclic) bond motifs is 1. The number of nitrogens with one attached hydrogen (secondary N) is 1. The number of carbonyl (C=O) groups excluding carboxylic acids is 2. The van der Waals surface area contributed by atoms with Crippen LogP contribution in [0.15, 0.2) is 42.5 Å². The van der Waals surface area contributed by atoms with Crippen molar-refractivity contribution < 1.29 is 29.0 Å². The molecule has 150 valence electrons. The molecule has 0 aliphatic heterocycles. The number of amides is 1. The minimum absolute atomic E-state index is 0.422. The van der Waals surface area contributed by atoms with E-state index in [4.69, 9.17) is 4.74 Å². The van der Waals surface area contributed by atoms with Crippen molar-refractivity contribution in [2.75, 3.05) is 13.7 Å². The van der Waals surface area contributed by atoms with E-state index in [-0.39, 0.29) is 0 Å². The molecular weight excluding hydrogens is 364 g/mol. The van der Waals surface area contributed by atoms with Crippen molar-refractivity contribution in [1.82, 2.24) is 10.4 Å². The third kappa shape index (κ3) is 5.43. The predicted octanol–water partition coefficient (Wildman–Crippen LogP) is 2.88. The second-order valence-electron chi connectivity index (χ2n) is 7.13. The maximum atomic E-state index is 12.2. The highest BCUT2D eigenvalue weighted by Gasteiger charge is 2.33. The molecular formula is C20H24N2O6. The second-order valence-corrected chi connectivity index (χ2v) is 7.13. The molecule has 2 rings (SSSR count). The number of esters is 1. The second kappa shape index (κ2) is 8.71. The van der Waals surface area contributed by atoms with Gasteiger partial charge in [-0.05, 0) is 37.1 Å². The van der Waals surface area contributed by atoms with E-state index in [1.54, 1.807) is 45.0 Å². The van der Waals surface area contributed by atoms with Crippen molar-refractivity contribution in [2.45, 2.75) is 32.4 Å². The lowest BCUT2D eigenvalue weighted by Crippen LogP contribution is -2.50. The summed E-state index contributed by atoms with van der Waals surface area (Å²) in [5, 5.41) is 12.4. The monoisotopic (exact) mass is 388 g/mol. The summed E-state index contributed by atoms with van der Waals surface area (Å²) < 4.78 is 9.85. The summed E-state index contributed by atoms with van der Waals surface area (Å²) >= 11 is 0.